The van der Waals surface area contributed by atoms with Crippen LogP contribution in [0.1, 0.15) is 168 Å². The van der Waals surface area contributed by atoms with Crippen LogP contribution in [0.4, 0.5) is 0 Å². The number of carbonyl (C=O) groups excluding carboxylic acids is 2. The normalized spacial score (nSPS) is 56.8. The highest BCUT2D eigenvalue weighted by Crippen LogP contribution is 2.71. The summed E-state index contributed by atoms with van der Waals surface area (Å²) in [4.78, 5) is 26.2. The maximum absolute atomic E-state index is 13.1. The minimum atomic E-state index is -0.0506. The van der Waals surface area contributed by atoms with Crippen LogP contribution in [0.2, 0.25) is 0 Å². The summed E-state index contributed by atoms with van der Waals surface area (Å²) >= 11 is 0. The lowest BCUT2D eigenvalue weighted by Gasteiger charge is -2.61. The van der Waals surface area contributed by atoms with Crippen molar-refractivity contribution in [3.8, 4) is 0 Å². The zero-order valence-electron chi connectivity index (χ0n) is 30.6. The lowest BCUT2D eigenvalue weighted by atomic mass is 9.43. The molecule has 4 heteroatoms. The van der Waals surface area contributed by atoms with Gasteiger partial charge in [-0.05, 0) is 211 Å². The van der Waals surface area contributed by atoms with E-state index < -0.39 is 0 Å². The molecule has 10 aliphatic carbocycles. The van der Waals surface area contributed by atoms with Crippen LogP contribution < -0.4 is 0 Å². The van der Waals surface area contributed by atoms with Gasteiger partial charge in [0, 0.05) is 23.7 Å². The first-order valence-electron chi connectivity index (χ1n) is 21.5. The Hall–Kier alpha value is -0.740. The maximum atomic E-state index is 13.1. The van der Waals surface area contributed by atoms with Crippen molar-refractivity contribution in [1.82, 2.24) is 0 Å². The molecule has 0 aliphatic heterocycles. The summed E-state index contributed by atoms with van der Waals surface area (Å²) in [7, 11) is 0. The van der Waals surface area contributed by atoms with E-state index in [0.29, 0.717) is 34.2 Å². The zero-order valence-corrected chi connectivity index (χ0v) is 30.6. The van der Waals surface area contributed by atoms with Gasteiger partial charge in [0.2, 0.25) is 0 Å². The summed E-state index contributed by atoms with van der Waals surface area (Å²) in [5.74, 6) is 8.91. The van der Waals surface area contributed by atoms with Gasteiger partial charge in [0.1, 0.15) is 11.6 Å². The van der Waals surface area contributed by atoms with Crippen LogP contribution in [0.5, 0.6) is 0 Å². The monoisotopic (exact) mass is 661 g/mol. The van der Waals surface area contributed by atoms with E-state index in [1.807, 2.05) is 0 Å². The van der Waals surface area contributed by atoms with Crippen molar-refractivity contribution in [2.45, 2.75) is 180 Å². The van der Waals surface area contributed by atoms with Crippen molar-refractivity contribution in [2.24, 2.45) is 80.8 Å². The molecule has 2 spiro atoms. The number of hydrogen-bond acceptors (Lipinski definition) is 4. The van der Waals surface area contributed by atoms with Crippen molar-refractivity contribution >= 4 is 11.6 Å². The number of hydrogen-bond donors (Lipinski definition) is 2. The first kappa shape index (κ1) is 33.1. The summed E-state index contributed by atoms with van der Waals surface area (Å²) in [5.41, 5.74) is 1.10. The molecule has 0 aromatic rings. The molecular weight excluding hydrogens is 592 g/mol. The number of ketones is 2. The highest BCUT2D eigenvalue weighted by Gasteiger charge is 2.66. The topological polar surface area (TPSA) is 74.6 Å². The Balaban J connectivity index is 0.000000131. The Bertz CT molecular complexity index is 1180. The molecule has 0 bridgehead atoms. The van der Waals surface area contributed by atoms with Gasteiger partial charge in [-0.15, -0.1) is 0 Å². The number of rotatable bonds is 0. The van der Waals surface area contributed by atoms with E-state index in [2.05, 4.69) is 13.8 Å². The Kier molecular flexibility index (Phi) is 8.21. The van der Waals surface area contributed by atoms with Gasteiger partial charge in [-0.2, -0.15) is 0 Å². The standard InChI is InChI=1S/2C22H34O2/c2*1-21-11-9-16(23)13-15(21)5-7-17-18(21)10-12-22-14(6-8-19(17)22)3-2-4-20(22)24/h2*14-19,23H,2-13H2,1H3/t14-,15+,16+,17?,18?,19?,21-,22-;14-,15-,16+,17?,18?,19?,21-,22-/m00/s1. The predicted octanol–water partition coefficient (Wildman–Crippen LogP) is 9.48. The minimum absolute atomic E-state index is 0.0506. The van der Waals surface area contributed by atoms with Crippen LogP contribution in [-0.2, 0) is 9.59 Å². The van der Waals surface area contributed by atoms with Gasteiger partial charge >= 0.3 is 0 Å². The second kappa shape index (κ2) is 11.9. The van der Waals surface area contributed by atoms with Crippen molar-refractivity contribution in [2.75, 3.05) is 0 Å². The molecular formula is C44H68O4. The third kappa shape index (κ3) is 4.57. The first-order valence-corrected chi connectivity index (χ1v) is 21.5. The minimum Gasteiger partial charge on any atom is -0.393 e. The maximum Gasteiger partial charge on any atom is 0.139 e. The molecule has 268 valence electrons. The summed E-state index contributed by atoms with van der Waals surface area (Å²) in [6, 6.07) is 0. The number of fused-ring (bicyclic) bond motifs is 8. The summed E-state index contributed by atoms with van der Waals surface area (Å²) < 4.78 is 0. The highest BCUT2D eigenvalue weighted by molar-refractivity contribution is 5.87. The van der Waals surface area contributed by atoms with E-state index >= 15 is 0 Å². The molecule has 6 unspecified atom stereocenters. The molecule has 10 fully saturated rings. The lowest BCUT2D eigenvalue weighted by Crippen LogP contribution is -2.57. The molecule has 16 atom stereocenters. The Morgan fingerprint density at radius 3 is 1.31 bits per heavy atom. The second-order valence-electron chi connectivity index (χ2n) is 20.5. The van der Waals surface area contributed by atoms with E-state index in [1.54, 1.807) is 0 Å². The molecule has 10 saturated carbocycles. The molecule has 0 radical (unpaired) electrons. The molecule has 0 aromatic carbocycles. The number of aliphatic hydroxyl groups is 2. The molecule has 0 heterocycles. The Morgan fingerprint density at radius 1 is 0.458 bits per heavy atom. The van der Waals surface area contributed by atoms with Gasteiger partial charge in [-0.25, -0.2) is 0 Å². The summed E-state index contributed by atoms with van der Waals surface area (Å²) in [5, 5.41) is 20.3. The first-order chi connectivity index (χ1) is 23.1. The average molecular weight is 661 g/mol. The number of carbonyl (C=O) groups is 2. The highest BCUT2D eigenvalue weighted by atomic mass is 16.3. The van der Waals surface area contributed by atoms with Crippen LogP contribution in [0, 0.1) is 80.8 Å². The molecule has 0 amide bonds. The van der Waals surface area contributed by atoms with Gasteiger partial charge in [0.25, 0.3) is 0 Å². The molecule has 2 N–H and O–H groups in total. The summed E-state index contributed by atoms with van der Waals surface area (Å²) in [6.45, 7) is 5.10. The fraction of sp³-hybridized carbons (Fsp3) is 0.955. The van der Waals surface area contributed by atoms with Gasteiger partial charge < -0.3 is 10.2 Å². The SMILES string of the molecule is C[C@]12CC[C@@H](O)C[C@@H]1CCC1C2CC[C@]23C(=O)CCC[C@H]2CCC13.C[C@]12CC[C@@H](O)C[C@H]1CCC1C2CC[C@]23C(=O)CCC[C@H]2CCC13. The van der Waals surface area contributed by atoms with Crippen molar-refractivity contribution in [3.63, 3.8) is 0 Å². The molecule has 0 saturated heterocycles. The van der Waals surface area contributed by atoms with Gasteiger partial charge in [-0.1, -0.05) is 13.8 Å². The quantitative estimate of drug-likeness (QED) is 0.271. The van der Waals surface area contributed by atoms with Crippen LogP contribution >= 0.6 is 0 Å². The van der Waals surface area contributed by atoms with Crippen LogP contribution in [0.15, 0.2) is 0 Å². The van der Waals surface area contributed by atoms with E-state index in [1.165, 1.54) is 103 Å². The average Bonchev–Trinajstić information content (AvgIpc) is 3.68. The van der Waals surface area contributed by atoms with Gasteiger partial charge in [0.15, 0.2) is 0 Å². The predicted molar refractivity (Wildman–Crippen MR) is 189 cm³/mol. The van der Waals surface area contributed by atoms with Crippen LogP contribution in [0.25, 0.3) is 0 Å². The molecule has 10 rings (SSSR count). The summed E-state index contributed by atoms with van der Waals surface area (Å²) in [6.07, 6.45) is 28.8. The Morgan fingerprint density at radius 2 is 0.875 bits per heavy atom. The van der Waals surface area contributed by atoms with Crippen molar-refractivity contribution in [1.29, 1.82) is 0 Å². The van der Waals surface area contributed by atoms with E-state index in [9.17, 15) is 19.8 Å². The van der Waals surface area contributed by atoms with Crippen LogP contribution in [0.3, 0.4) is 0 Å². The van der Waals surface area contributed by atoms with E-state index in [0.717, 1.165) is 98.7 Å². The third-order valence-electron chi connectivity index (χ3n) is 19.6. The smallest absolute Gasteiger partial charge is 0.139 e. The fourth-order valence-corrected chi connectivity index (χ4v) is 17.5. The van der Waals surface area contributed by atoms with Crippen molar-refractivity contribution < 1.29 is 19.8 Å². The number of aliphatic hydroxyl groups excluding tert-OH is 2. The van der Waals surface area contributed by atoms with Gasteiger partial charge in [-0.3, -0.25) is 9.59 Å². The van der Waals surface area contributed by atoms with E-state index in [-0.39, 0.29) is 23.0 Å². The largest absolute Gasteiger partial charge is 0.393 e. The molecule has 0 aromatic heterocycles. The van der Waals surface area contributed by atoms with Crippen LogP contribution in [-0.4, -0.2) is 34.0 Å². The fourth-order valence-electron chi connectivity index (χ4n) is 17.5. The zero-order chi connectivity index (χ0) is 33.1. The van der Waals surface area contributed by atoms with Crippen molar-refractivity contribution in [3.05, 3.63) is 0 Å². The Labute approximate surface area is 291 Å². The number of Topliss-reactive ketones (excluding diaryl/α,β-unsaturated/α-hetero) is 2. The van der Waals surface area contributed by atoms with E-state index in [4.69, 9.17) is 0 Å². The lowest BCUT2D eigenvalue weighted by molar-refractivity contribution is -0.159. The molecule has 10 aliphatic rings. The molecule has 4 nitrogen and oxygen atoms in total. The third-order valence-corrected chi connectivity index (χ3v) is 19.6. The second-order valence-corrected chi connectivity index (χ2v) is 20.5. The van der Waals surface area contributed by atoms with Gasteiger partial charge in [0.05, 0.1) is 12.2 Å². The molecule has 48 heavy (non-hydrogen) atoms.